The smallest absolute Gasteiger partial charge is 0.341 e. The number of esters is 2. The van der Waals surface area contributed by atoms with Crippen LogP contribution >= 0.6 is 23.1 Å². The van der Waals surface area contributed by atoms with E-state index in [4.69, 9.17) is 9.47 Å². The molecule has 2 unspecified atom stereocenters. The highest BCUT2D eigenvalue weighted by Gasteiger charge is 2.35. The molecule has 214 valence electrons. The Balaban J connectivity index is 1.50. The van der Waals surface area contributed by atoms with Crippen LogP contribution in [0.2, 0.25) is 0 Å². The lowest BCUT2D eigenvalue weighted by atomic mass is 9.72. The van der Waals surface area contributed by atoms with Crippen LogP contribution in [-0.2, 0) is 27.1 Å². The van der Waals surface area contributed by atoms with Gasteiger partial charge in [0.05, 0.1) is 18.2 Å². The Morgan fingerprint density at radius 3 is 2.48 bits per heavy atom. The maximum atomic E-state index is 13.3. The number of aromatic nitrogens is 3. The number of carbonyl (C=O) groups is 3. The van der Waals surface area contributed by atoms with Gasteiger partial charge in [-0.15, -0.1) is 21.5 Å². The highest BCUT2D eigenvalue weighted by molar-refractivity contribution is 7.98. The van der Waals surface area contributed by atoms with Gasteiger partial charge < -0.3 is 14.8 Å². The monoisotopic (exact) mass is 584 g/mol. The van der Waals surface area contributed by atoms with Crippen molar-refractivity contribution in [2.45, 2.75) is 71.6 Å². The summed E-state index contributed by atoms with van der Waals surface area (Å²) in [4.78, 5) is 40.1. The fourth-order valence-corrected chi connectivity index (χ4v) is 6.82. The van der Waals surface area contributed by atoms with Crippen molar-refractivity contribution in [1.29, 1.82) is 0 Å². The predicted molar refractivity (Wildman–Crippen MR) is 157 cm³/mol. The van der Waals surface area contributed by atoms with Crippen molar-refractivity contribution in [3.05, 3.63) is 51.7 Å². The second-order valence-electron chi connectivity index (χ2n) is 10.9. The number of carbonyl (C=O) groups excluding carboxylic acids is 3. The van der Waals surface area contributed by atoms with E-state index in [0.29, 0.717) is 22.0 Å². The van der Waals surface area contributed by atoms with Gasteiger partial charge in [-0.05, 0) is 80.0 Å². The van der Waals surface area contributed by atoms with Gasteiger partial charge in [0.15, 0.2) is 11.3 Å². The Labute approximate surface area is 243 Å². The first kappa shape index (κ1) is 29.8. The van der Waals surface area contributed by atoms with E-state index in [0.717, 1.165) is 46.4 Å². The number of nitrogens with one attached hydrogen (secondary N) is 1. The molecule has 1 amide bonds. The lowest BCUT2D eigenvalue weighted by Gasteiger charge is -2.33. The standard InChI is InChI=1S/C29H36N4O5S2/c1-8-21(38-26(35)17-9-12-19(13-10-17)33-16(2)31-32-28(33)39-7)24(34)30-25-23(27(36)37-6)20-14-11-18(29(3,4)5)15-22(20)40-25/h9-10,12-13,18,21H,8,11,14-15H2,1-7H3,(H,30,34). The van der Waals surface area contributed by atoms with Crippen LogP contribution in [0.5, 0.6) is 0 Å². The van der Waals surface area contributed by atoms with Gasteiger partial charge in [-0.2, -0.15) is 0 Å². The van der Waals surface area contributed by atoms with Crippen molar-refractivity contribution in [2.24, 2.45) is 11.3 Å². The molecule has 1 aliphatic rings. The summed E-state index contributed by atoms with van der Waals surface area (Å²) in [5.74, 6) is -0.346. The van der Waals surface area contributed by atoms with Crippen LogP contribution in [0.25, 0.3) is 5.69 Å². The third kappa shape index (κ3) is 6.10. The Bertz CT molecular complexity index is 1400. The van der Waals surface area contributed by atoms with Crippen LogP contribution < -0.4 is 5.32 Å². The van der Waals surface area contributed by atoms with Gasteiger partial charge in [0.2, 0.25) is 0 Å². The zero-order valence-corrected chi connectivity index (χ0v) is 25.6. The molecule has 0 fully saturated rings. The number of anilines is 1. The van der Waals surface area contributed by atoms with Gasteiger partial charge in [-0.1, -0.05) is 39.5 Å². The van der Waals surface area contributed by atoms with E-state index in [2.05, 4.69) is 36.3 Å². The SMILES string of the molecule is CCC(OC(=O)c1ccc(-n2c(C)nnc2SC)cc1)C(=O)Nc1sc2c(c1C(=O)OC)CCC(C(C)(C)C)C2. The van der Waals surface area contributed by atoms with Gasteiger partial charge in [-0.25, -0.2) is 9.59 Å². The zero-order chi connectivity index (χ0) is 29.2. The normalized spacial score (nSPS) is 15.7. The van der Waals surface area contributed by atoms with Crippen LogP contribution in [0.15, 0.2) is 29.4 Å². The summed E-state index contributed by atoms with van der Waals surface area (Å²) in [7, 11) is 1.34. The van der Waals surface area contributed by atoms with E-state index in [1.54, 1.807) is 31.2 Å². The van der Waals surface area contributed by atoms with Crippen LogP contribution in [0.1, 0.15) is 77.5 Å². The van der Waals surface area contributed by atoms with Crippen LogP contribution in [-0.4, -0.2) is 52.1 Å². The number of amides is 1. The van der Waals surface area contributed by atoms with Crippen molar-refractivity contribution < 1.29 is 23.9 Å². The highest BCUT2D eigenvalue weighted by atomic mass is 32.2. The first-order valence-corrected chi connectivity index (χ1v) is 15.3. The van der Waals surface area contributed by atoms with Crippen molar-refractivity contribution >= 4 is 45.9 Å². The molecule has 0 spiro atoms. The first-order chi connectivity index (χ1) is 19.0. The number of aryl methyl sites for hydroxylation is 1. The largest absolute Gasteiger partial charge is 0.465 e. The van der Waals surface area contributed by atoms with Crippen molar-refractivity contribution in [3.63, 3.8) is 0 Å². The van der Waals surface area contributed by atoms with Crippen molar-refractivity contribution in [1.82, 2.24) is 14.8 Å². The Hall–Kier alpha value is -3.18. The molecule has 1 N–H and O–H groups in total. The van der Waals surface area contributed by atoms with Gasteiger partial charge in [-0.3, -0.25) is 9.36 Å². The summed E-state index contributed by atoms with van der Waals surface area (Å²) in [6.07, 6.45) is 3.74. The lowest BCUT2D eigenvalue weighted by Crippen LogP contribution is -2.32. The molecular weight excluding hydrogens is 548 g/mol. The summed E-state index contributed by atoms with van der Waals surface area (Å²) in [5.41, 5.74) is 2.64. The minimum absolute atomic E-state index is 0.141. The summed E-state index contributed by atoms with van der Waals surface area (Å²) < 4.78 is 12.6. The highest BCUT2D eigenvalue weighted by Crippen LogP contribution is 2.44. The summed E-state index contributed by atoms with van der Waals surface area (Å²) >= 11 is 2.89. The average molecular weight is 585 g/mol. The number of methoxy groups -OCH3 is 1. The Morgan fingerprint density at radius 1 is 1.18 bits per heavy atom. The van der Waals surface area contributed by atoms with E-state index >= 15 is 0 Å². The molecule has 1 aliphatic carbocycles. The maximum Gasteiger partial charge on any atom is 0.341 e. The summed E-state index contributed by atoms with van der Waals surface area (Å²) in [6, 6.07) is 6.88. The number of ether oxygens (including phenoxy) is 2. The molecule has 9 nitrogen and oxygen atoms in total. The van der Waals surface area contributed by atoms with Crippen LogP contribution in [0.3, 0.4) is 0 Å². The Morgan fingerprint density at radius 2 is 1.88 bits per heavy atom. The van der Waals surface area contributed by atoms with Crippen LogP contribution in [0, 0.1) is 18.3 Å². The first-order valence-electron chi connectivity index (χ1n) is 13.3. The van der Waals surface area contributed by atoms with E-state index in [1.165, 1.54) is 30.2 Å². The molecule has 1 aromatic carbocycles. The van der Waals surface area contributed by atoms with Gasteiger partial charge in [0, 0.05) is 10.6 Å². The second-order valence-corrected chi connectivity index (χ2v) is 12.8. The third-order valence-electron chi connectivity index (χ3n) is 7.37. The molecule has 0 radical (unpaired) electrons. The second kappa shape index (κ2) is 12.1. The molecule has 0 bridgehead atoms. The number of thioether (sulfide) groups is 1. The average Bonchev–Trinajstić information content (AvgIpc) is 3.49. The molecule has 4 rings (SSSR count). The zero-order valence-electron chi connectivity index (χ0n) is 24.0. The lowest BCUT2D eigenvalue weighted by molar-refractivity contribution is -0.124. The molecular formula is C29H36N4O5S2. The minimum Gasteiger partial charge on any atom is -0.465 e. The number of fused-ring (bicyclic) bond motifs is 1. The van der Waals surface area contributed by atoms with Crippen molar-refractivity contribution in [3.8, 4) is 5.69 Å². The number of hydrogen-bond acceptors (Lipinski definition) is 9. The number of nitrogens with zero attached hydrogens (tertiary/aromatic N) is 3. The van der Waals surface area contributed by atoms with E-state index < -0.39 is 23.9 Å². The predicted octanol–water partition coefficient (Wildman–Crippen LogP) is 5.87. The quantitative estimate of drug-likeness (QED) is 0.258. The number of hydrogen-bond donors (Lipinski definition) is 1. The molecule has 2 heterocycles. The van der Waals surface area contributed by atoms with Crippen LogP contribution in [0.4, 0.5) is 5.00 Å². The molecule has 2 atom stereocenters. The summed E-state index contributed by atoms with van der Waals surface area (Å²) in [5, 5.41) is 12.3. The van der Waals surface area contributed by atoms with Gasteiger partial charge >= 0.3 is 11.9 Å². The molecule has 0 saturated heterocycles. The van der Waals surface area contributed by atoms with E-state index in [-0.39, 0.29) is 11.8 Å². The molecule has 0 saturated carbocycles. The van der Waals surface area contributed by atoms with Crippen molar-refractivity contribution in [2.75, 3.05) is 18.7 Å². The molecule has 0 aliphatic heterocycles. The minimum atomic E-state index is -1.03. The number of benzene rings is 1. The van der Waals surface area contributed by atoms with Gasteiger partial charge in [0.25, 0.3) is 5.91 Å². The number of thiophene rings is 1. The molecule has 11 heteroatoms. The van der Waals surface area contributed by atoms with E-state index in [1.807, 2.05) is 17.7 Å². The molecule has 40 heavy (non-hydrogen) atoms. The topological polar surface area (TPSA) is 112 Å². The summed E-state index contributed by atoms with van der Waals surface area (Å²) in [6.45, 7) is 10.3. The van der Waals surface area contributed by atoms with E-state index in [9.17, 15) is 14.4 Å². The van der Waals surface area contributed by atoms with Gasteiger partial charge in [0.1, 0.15) is 10.8 Å². The Kier molecular flexibility index (Phi) is 9.04. The molecule has 3 aromatic rings. The molecule has 2 aromatic heterocycles. The third-order valence-corrected chi connectivity index (χ3v) is 9.17. The number of rotatable bonds is 8. The fourth-order valence-electron chi connectivity index (χ4n) is 4.96. The maximum absolute atomic E-state index is 13.3. The fraction of sp³-hybridized carbons (Fsp3) is 0.483.